The van der Waals surface area contributed by atoms with Gasteiger partial charge in [0.2, 0.25) is 10.0 Å². The highest BCUT2D eigenvalue weighted by Crippen LogP contribution is 2.32. The van der Waals surface area contributed by atoms with Gasteiger partial charge in [-0.05, 0) is 49.4 Å². The van der Waals surface area contributed by atoms with Crippen molar-refractivity contribution in [2.75, 3.05) is 18.8 Å². The number of piperidine rings is 1. The molecule has 0 saturated carbocycles. The van der Waals surface area contributed by atoms with E-state index in [1.165, 1.54) is 16.4 Å². The summed E-state index contributed by atoms with van der Waals surface area (Å²) in [5.41, 5.74) is 1.32. The average molecular weight is 465 g/mol. The van der Waals surface area contributed by atoms with Crippen LogP contribution >= 0.6 is 0 Å². The van der Waals surface area contributed by atoms with Crippen LogP contribution < -0.4 is 4.74 Å². The molecule has 1 saturated heterocycles. The lowest BCUT2D eigenvalue weighted by molar-refractivity contribution is -0.141. The zero-order chi connectivity index (χ0) is 23.3. The summed E-state index contributed by atoms with van der Waals surface area (Å²) in [6.45, 7) is 4.26. The molecule has 32 heavy (non-hydrogen) atoms. The lowest BCUT2D eigenvalue weighted by Crippen LogP contribution is -2.44. The molecule has 2 heterocycles. The summed E-state index contributed by atoms with van der Waals surface area (Å²) >= 11 is 0. The van der Waals surface area contributed by atoms with Gasteiger partial charge in [0.1, 0.15) is 17.7 Å². The number of aliphatic carboxylic acids is 1. The van der Waals surface area contributed by atoms with E-state index in [0.29, 0.717) is 30.6 Å². The molecule has 174 valence electrons. The van der Waals surface area contributed by atoms with Crippen LogP contribution in [-0.4, -0.2) is 53.7 Å². The monoisotopic (exact) mass is 464 g/mol. The standard InChI is InChI=1S/C23H29FN2O5S/c1-16(2)12-18(23(27)28)15-32(29,30)26-10-7-20(8-11-26)31-22-6-5-19(24)13-21(22)17-4-3-9-25-14-17/h3-6,9,13-14,16,18,20H,7-8,10-12,15H2,1-2H3,(H,27,28)/t18-/m1/s1. The second kappa shape index (κ2) is 10.4. The molecule has 1 aromatic carbocycles. The molecule has 0 radical (unpaired) electrons. The van der Waals surface area contributed by atoms with Crippen LogP contribution in [0.25, 0.3) is 11.1 Å². The Morgan fingerprint density at radius 1 is 1.28 bits per heavy atom. The van der Waals surface area contributed by atoms with Gasteiger partial charge in [-0.15, -0.1) is 0 Å². The summed E-state index contributed by atoms with van der Waals surface area (Å²) in [4.78, 5) is 15.6. The van der Waals surface area contributed by atoms with E-state index >= 15 is 0 Å². The maximum Gasteiger partial charge on any atom is 0.307 e. The molecular weight excluding hydrogens is 435 g/mol. The molecule has 9 heteroatoms. The summed E-state index contributed by atoms with van der Waals surface area (Å²) in [7, 11) is -3.69. The van der Waals surface area contributed by atoms with E-state index in [2.05, 4.69) is 4.98 Å². The van der Waals surface area contributed by atoms with Crippen LogP contribution in [0.3, 0.4) is 0 Å². The smallest absolute Gasteiger partial charge is 0.307 e. The predicted octanol–water partition coefficient (Wildman–Crippen LogP) is 3.81. The minimum absolute atomic E-state index is 0.0927. The summed E-state index contributed by atoms with van der Waals surface area (Å²) in [6.07, 6.45) is 4.28. The first-order valence-electron chi connectivity index (χ1n) is 10.7. The summed E-state index contributed by atoms with van der Waals surface area (Å²) in [6, 6.07) is 7.88. The van der Waals surface area contributed by atoms with E-state index in [4.69, 9.17) is 4.74 Å². The van der Waals surface area contributed by atoms with Crippen molar-refractivity contribution in [2.45, 2.75) is 39.2 Å². The maximum atomic E-state index is 13.8. The molecule has 1 atom stereocenters. The second-order valence-corrected chi connectivity index (χ2v) is 10.6. The highest BCUT2D eigenvalue weighted by Gasteiger charge is 2.33. The van der Waals surface area contributed by atoms with Crippen LogP contribution in [0.2, 0.25) is 0 Å². The molecule has 1 aliphatic heterocycles. The third kappa shape index (κ3) is 6.26. The molecule has 7 nitrogen and oxygen atoms in total. The molecule has 0 unspecified atom stereocenters. The van der Waals surface area contributed by atoms with Crippen molar-refractivity contribution in [3.63, 3.8) is 0 Å². The van der Waals surface area contributed by atoms with E-state index in [0.717, 1.165) is 5.56 Å². The molecule has 0 aliphatic carbocycles. The largest absolute Gasteiger partial charge is 0.490 e. The Labute approximate surface area is 188 Å². The van der Waals surface area contributed by atoms with E-state index in [-0.39, 0.29) is 30.9 Å². The van der Waals surface area contributed by atoms with Crippen molar-refractivity contribution < 1.29 is 27.4 Å². The van der Waals surface area contributed by atoms with Crippen LogP contribution in [0.5, 0.6) is 5.75 Å². The molecule has 0 spiro atoms. The number of aromatic nitrogens is 1. The Morgan fingerprint density at radius 2 is 2.00 bits per heavy atom. The van der Waals surface area contributed by atoms with Gasteiger partial charge in [0.05, 0.1) is 11.7 Å². The fourth-order valence-corrected chi connectivity index (χ4v) is 5.69. The normalized spacial score (nSPS) is 16.8. The number of sulfonamides is 1. The van der Waals surface area contributed by atoms with Crippen molar-refractivity contribution >= 4 is 16.0 Å². The Morgan fingerprint density at radius 3 is 2.59 bits per heavy atom. The Kier molecular flexibility index (Phi) is 7.84. The average Bonchev–Trinajstić information content (AvgIpc) is 2.75. The lowest BCUT2D eigenvalue weighted by Gasteiger charge is -2.32. The highest BCUT2D eigenvalue weighted by molar-refractivity contribution is 7.89. The number of halogens is 1. The Balaban J connectivity index is 1.65. The van der Waals surface area contributed by atoms with Crippen LogP contribution in [0.1, 0.15) is 33.1 Å². The molecule has 0 amide bonds. The molecule has 1 aliphatic rings. The minimum Gasteiger partial charge on any atom is -0.490 e. The molecule has 1 fully saturated rings. The third-order valence-electron chi connectivity index (χ3n) is 5.52. The second-order valence-electron chi connectivity index (χ2n) is 8.54. The quantitative estimate of drug-likeness (QED) is 0.606. The fraction of sp³-hybridized carbons (Fsp3) is 0.478. The zero-order valence-corrected chi connectivity index (χ0v) is 19.1. The number of ether oxygens (including phenoxy) is 1. The van der Waals surface area contributed by atoms with Crippen LogP contribution in [0.15, 0.2) is 42.7 Å². The number of carboxylic acids is 1. The number of carbonyl (C=O) groups is 1. The van der Waals surface area contributed by atoms with E-state index in [1.807, 2.05) is 19.9 Å². The topological polar surface area (TPSA) is 96.8 Å². The van der Waals surface area contributed by atoms with Crippen molar-refractivity contribution in [1.29, 1.82) is 0 Å². The molecule has 1 aromatic heterocycles. The number of nitrogens with zero attached hydrogens (tertiary/aromatic N) is 2. The van der Waals surface area contributed by atoms with Crippen molar-refractivity contribution in [3.8, 4) is 16.9 Å². The fourth-order valence-electron chi connectivity index (χ4n) is 3.93. The third-order valence-corrected chi connectivity index (χ3v) is 7.49. The molecule has 1 N–H and O–H groups in total. The lowest BCUT2D eigenvalue weighted by atomic mass is 9.99. The number of rotatable bonds is 9. The first kappa shape index (κ1) is 24.1. The first-order valence-corrected chi connectivity index (χ1v) is 12.3. The van der Waals surface area contributed by atoms with Crippen molar-refractivity contribution in [3.05, 3.63) is 48.5 Å². The Hall–Kier alpha value is -2.52. The number of carboxylic acid groups (broad SMARTS) is 1. The van der Waals surface area contributed by atoms with Crippen LogP contribution in [0, 0.1) is 17.7 Å². The number of benzene rings is 1. The van der Waals surface area contributed by atoms with Gasteiger partial charge in [-0.2, -0.15) is 0 Å². The SMILES string of the molecule is CC(C)C[C@H](CS(=O)(=O)N1CCC(Oc2ccc(F)cc2-c2cccnc2)CC1)C(=O)O. The first-order chi connectivity index (χ1) is 15.2. The zero-order valence-electron chi connectivity index (χ0n) is 18.3. The van der Waals surface area contributed by atoms with Gasteiger partial charge in [-0.1, -0.05) is 19.9 Å². The van der Waals surface area contributed by atoms with Gasteiger partial charge in [0.15, 0.2) is 0 Å². The van der Waals surface area contributed by atoms with Crippen molar-refractivity contribution in [1.82, 2.24) is 9.29 Å². The van der Waals surface area contributed by atoms with Gasteiger partial charge < -0.3 is 9.84 Å². The molecular formula is C23H29FN2O5S. The van der Waals surface area contributed by atoms with Crippen LogP contribution in [0.4, 0.5) is 4.39 Å². The van der Waals surface area contributed by atoms with Crippen molar-refractivity contribution in [2.24, 2.45) is 11.8 Å². The van der Waals surface area contributed by atoms with Gasteiger partial charge in [-0.3, -0.25) is 9.78 Å². The van der Waals surface area contributed by atoms with E-state index in [1.54, 1.807) is 24.5 Å². The maximum absolute atomic E-state index is 13.8. The summed E-state index contributed by atoms with van der Waals surface area (Å²) < 4.78 is 46.9. The van der Waals surface area contributed by atoms with Gasteiger partial charge in [0, 0.05) is 36.6 Å². The number of pyridine rings is 1. The number of hydrogen-bond acceptors (Lipinski definition) is 5. The highest BCUT2D eigenvalue weighted by atomic mass is 32.2. The molecule has 3 rings (SSSR count). The van der Waals surface area contributed by atoms with Gasteiger partial charge in [-0.25, -0.2) is 17.1 Å². The minimum atomic E-state index is -3.69. The predicted molar refractivity (Wildman–Crippen MR) is 119 cm³/mol. The summed E-state index contributed by atoms with van der Waals surface area (Å²) in [5, 5.41) is 9.40. The van der Waals surface area contributed by atoms with Crippen LogP contribution in [-0.2, 0) is 14.8 Å². The molecule has 2 aromatic rings. The Bertz CT molecular complexity index is 1020. The van der Waals surface area contributed by atoms with E-state index < -0.39 is 27.7 Å². The molecule has 0 bridgehead atoms. The van der Waals surface area contributed by atoms with Gasteiger partial charge >= 0.3 is 5.97 Å². The van der Waals surface area contributed by atoms with Gasteiger partial charge in [0.25, 0.3) is 0 Å². The van der Waals surface area contributed by atoms with E-state index in [9.17, 15) is 22.7 Å². The summed E-state index contributed by atoms with van der Waals surface area (Å²) in [5.74, 6) is -2.17. The number of hydrogen-bond donors (Lipinski definition) is 1.